The van der Waals surface area contributed by atoms with Crippen molar-refractivity contribution in [1.29, 1.82) is 0 Å². The number of ether oxygens (including phenoxy) is 1. The van der Waals surface area contributed by atoms with Crippen LogP contribution in [0.3, 0.4) is 0 Å². The summed E-state index contributed by atoms with van der Waals surface area (Å²) in [5.74, 6) is 1.33. The van der Waals surface area contributed by atoms with Crippen LogP contribution in [0.2, 0.25) is 0 Å². The Bertz CT molecular complexity index is 473. The maximum absolute atomic E-state index is 10.7. The molecule has 0 aliphatic carbocycles. The fraction of sp³-hybridized carbons (Fsp3) is 0.615. The van der Waals surface area contributed by atoms with E-state index in [4.69, 9.17) is 9.84 Å². The van der Waals surface area contributed by atoms with Crippen LogP contribution < -0.4 is 9.64 Å². The Hall–Kier alpha value is -1.89. The summed E-state index contributed by atoms with van der Waals surface area (Å²) in [5, 5.41) is 8.79. The Balaban J connectivity index is 2.01. The first-order valence-electron chi connectivity index (χ1n) is 6.76. The molecule has 20 heavy (non-hydrogen) atoms. The summed E-state index contributed by atoms with van der Waals surface area (Å²) >= 11 is 0. The van der Waals surface area contributed by atoms with Gasteiger partial charge in [0.1, 0.15) is 11.6 Å². The Morgan fingerprint density at radius 1 is 1.35 bits per heavy atom. The SMILES string of the molecule is CCOc1cc(N2CCN(CC(=O)O)CC2)nc(C)n1. The molecule has 1 N–H and O–H groups in total. The van der Waals surface area contributed by atoms with Crippen molar-refractivity contribution in [2.75, 3.05) is 44.2 Å². The quantitative estimate of drug-likeness (QED) is 0.835. The van der Waals surface area contributed by atoms with Gasteiger partial charge in [0.25, 0.3) is 0 Å². The zero-order valence-electron chi connectivity index (χ0n) is 11.9. The second-order valence-corrected chi connectivity index (χ2v) is 4.70. The summed E-state index contributed by atoms with van der Waals surface area (Å²) < 4.78 is 5.43. The molecule has 1 fully saturated rings. The topological polar surface area (TPSA) is 78.8 Å². The van der Waals surface area contributed by atoms with Gasteiger partial charge in [-0.1, -0.05) is 0 Å². The highest BCUT2D eigenvalue weighted by Gasteiger charge is 2.20. The van der Waals surface area contributed by atoms with Crippen molar-refractivity contribution in [3.05, 3.63) is 11.9 Å². The maximum atomic E-state index is 10.7. The van der Waals surface area contributed by atoms with Gasteiger partial charge < -0.3 is 14.7 Å². The van der Waals surface area contributed by atoms with Crippen molar-refractivity contribution in [3.63, 3.8) is 0 Å². The molecule has 1 aliphatic rings. The van der Waals surface area contributed by atoms with Crippen molar-refractivity contribution in [1.82, 2.24) is 14.9 Å². The minimum atomic E-state index is -0.782. The number of hydrogen-bond donors (Lipinski definition) is 1. The van der Waals surface area contributed by atoms with E-state index in [2.05, 4.69) is 14.9 Å². The van der Waals surface area contributed by atoms with E-state index in [9.17, 15) is 4.79 Å². The number of aliphatic carboxylic acids is 1. The largest absolute Gasteiger partial charge is 0.480 e. The van der Waals surface area contributed by atoms with Crippen molar-refractivity contribution in [2.24, 2.45) is 0 Å². The van der Waals surface area contributed by atoms with Gasteiger partial charge in [-0.15, -0.1) is 0 Å². The lowest BCUT2D eigenvalue weighted by molar-refractivity contribution is -0.138. The summed E-state index contributed by atoms with van der Waals surface area (Å²) in [6.45, 7) is 7.39. The fourth-order valence-corrected chi connectivity index (χ4v) is 2.24. The first-order valence-corrected chi connectivity index (χ1v) is 6.76. The number of carboxylic acid groups (broad SMARTS) is 1. The van der Waals surface area contributed by atoms with Crippen LogP contribution in [0.1, 0.15) is 12.7 Å². The monoisotopic (exact) mass is 280 g/mol. The third-order valence-electron chi connectivity index (χ3n) is 3.15. The van der Waals surface area contributed by atoms with Gasteiger partial charge in [-0.05, 0) is 13.8 Å². The lowest BCUT2D eigenvalue weighted by Gasteiger charge is -2.34. The van der Waals surface area contributed by atoms with E-state index in [1.54, 1.807) is 0 Å². The lowest BCUT2D eigenvalue weighted by Crippen LogP contribution is -2.48. The van der Waals surface area contributed by atoms with E-state index < -0.39 is 5.97 Å². The van der Waals surface area contributed by atoms with Gasteiger partial charge in [-0.25, -0.2) is 4.98 Å². The molecule has 0 atom stereocenters. The minimum absolute atomic E-state index is 0.0981. The molecule has 0 bridgehead atoms. The first kappa shape index (κ1) is 14.5. The average Bonchev–Trinajstić information content (AvgIpc) is 2.38. The number of piperazine rings is 1. The molecule has 0 radical (unpaired) electrons. The first-order chi connectivity index (χ1) is 9.58. The molecule has 7 heteroatoms. The smallest absolute Gasteiger partial charge is 0.317 e. The lowest BCUT2D eigenvalue weighted by atomic mass is 10.3. The molecule has 2 rings (SSSR count). The zero-order chi connectivity index (χ0) is 14.5. The number of carboxylic acids is 1. The van der Waals surface area contributed by atoms with Crippen LogP contribution in [0.5, 0.6) is 5.88 Å². The van der Waals surface area contributed by atoms with Gasteiger partial charge in [0.2, 0.25) is 5.88 Å². The predicted molar refractivity (Wildman–Crippen MR) is 74.2 cm³/mol. The highest BCUT2D eigenvalue weighted by atomic mass is 16.5. The van der Waals surface area contributed by atoms with Crippen LogP contribution in [0.15, 0.2) is 6.07 Å². The van der Waals surface area contributed by atoms with Gasteiger partial charge in [-0.2, -0.15) is 4.98 Å². The van der Waals surface area contributed by atoms with Crippen LogP contribution in [0.25, 0.3) is 0 Å². The van der Waals surface area contributed by atoms with Gasteiger partial charge in [0.05, 0.1) is 13.2 Å². The highest BCUT2D eigenvalue weighted by molar-refractivity contribution is 5.69. The average molecular weight is 280 g/mol. The molecule has 7 nitrogen and oxygen atoms in total. The molecule has 1 aromatic heterocycles. The van der Waals surface area contributed by atoms with E-state index in [0.717, 1.165) is 32.0 Å². The van der Waals surface area contributed by atoms with Crippen molar-refractivity contribution >= 4 is 11.8 Å². The molecular formula is C13H20N4O3. The number of hydrogen-bond acceptors (Lipinski definition) is 6. The molecule has 2 heterocycles. The van der Waals surface area contributed by atoms with Gasteiger partial charge >= 0.3 is 5.97 Å². The number of anilines is 1. The number of nitrogens with zero attached hydrogens (tertiary/aromatic N) is 4. The van der Waals surface area contributed by atoms with Gasteiger partial charge in [-0.3, -0.25) is 9.69 Å². The summed E-state index contributed by atoms with van der Waals surface area (Å²) in [6.07, 6.45) is 0. The molecule has 0 aromatic carbocycles. The van der Waals surface area contributed by atoms with E-state index in [0.29, 0.717) is 18.3 Å². The van der Waals surface area contributed by atoms with E-state index >= 15 is 0 Å². The van der Waals surface area contributed by atoms with Gasteiger partial charge in [0.15, 0.2) is 0 Å². The Morgan fingerprint density at radius 3 is 2.65 bits per heavy atom. The number of aromatic nitrogens is 2. The Kier molecular flexibility index (Phi) is 4.73. The second-order valence-electron chi connectivity index (χ2n) is 4.70. The molecular weight excluding hydrogens is 260 g/mol. The molecule has 0 saturated carbocycles. The van der Waals surface area contributed by atoms with Crippen LogP contribution in [0.4, 0.5) is 5.82 Å². The minimum Gasteiger partial charge on any atom is -0.480 e. The normalized spacial score (nSPS) is 16.2. The molecule has 0 unspecified atom stereocenters. The summed E-state index contributed by atoms with van der Waals surface area (Å²) in [4.78, 5) is 23.4. The van der Waals surface area contributed by atoms with E-state index in [1.807, 2.05) is 24.8 Å². The van der Waals surface area contributed by atoms with Gasteiger partial charge in [0, 0.05) is 32.2 Å². The standard InChI is InChI=1S/C13H20N4O3/c1-3-20-12-8-11(14-10(2)15-12)17-6-4-16(5-7-17)9-13(18)19/h8H,3-7,9H2,1-2H3,(H,18,19). The summed E-state index contributed by atoms with van der Waals surface area (Å²) in [5.41, 5.74) is 0. The van der Waals surface area contributed by atoms with E-state index in [-0.39, 0.29) is 6.54 Å². The zero-order valence-corrected chi connectivity index (χ0v) is 11.9. The highest BCUT2D eigenvalue weighted by Crippen LogP contribution is 2.19. The third kappa shape index (κ3) is 3.80. The van der Waals surface area contributed by atoms with Crippen LogP contribution in [-0.4, -0.2) is 65.3 Å². The second kappa shape index (κ2) is 6.51. The number of carbonyl (C=O) groups is 1. The van der Waals surface area contributed by atoms with E-state index in [1.165, 1.54) is 0 Å². The van der Waals surface area contributed by atoms with Crippen LogP contribution >= 0.6 is 0 Å². The number of rotatable bonds is 5. The molecule has 1 aliphatic heterocycles. The van der Waals surface area contributed by atoms with Crippen molar-refractivity contribution < 1.29 is 14.6 Å². The molecule has 1 aromatic rings. The fourth-order valence-electron chi connectivity index (χ4n) is 2.24. The Morgan fingerprint density at radius 2 is 2.05 bits per heavy atom. The predicted octanol–water partition coefficient (Wildman–Crippen LogP) is 0.390. The van der Waals surface area contributed by atoms with Crippen LogP contribution in [0, 0.1) is 6.92 Å². The summed E-state index contributed by atoms with van der Waals surface area (Å²) in [7, 11) is 0. The van der Waals surface area contributed by atoms with Crippen molar-refractivity contribution in [3.8, 4) is 5.88 Å². The van der Waals surface area contributed by atoms with Crippen molar-refractivity contribution in [2.45, 2.75) is 13.8 Å². The number of aryl methyl sites for hydroxylation is 1. The third-order valence-corrected chi connectivity index (χ3v) is 3.15. The summed E-state index contributed by atoms with van der Waals surface area (Å²) in [6, 6.07) is 1.84. The molecule has 1 saturated heterocycles. The molecule has 0 amide bonds. The Labute approximate surface area is 118 Å². The maximum Gasteiger partial charge on any atom is 0.317 e. The van der Waals surface area contributed by atoms with Crippen LogP contribution in [-0.2, 0) is 4.79 Å². The molecule has 110 valence electrons. The molecule has 0 spiro atoms.